The van der Waals surface area contributed by atoms with E-state index in [0.717, 1.165) is 25.0 Å². The largest absolute Gasteiger partial charge is 0.465 e. The lowest BCUT2D eigenvalue weighted by Crippen LogP contribution is -2.08. The van der Waals surface area contributed by atoms with Crippen LogP contribution in [0.25, 0.3) is 0 Å². The molecule has 0 aliphatic rings. The highest BCUT2D eigenvalue weighted by molar-refractivity contribution is 7.99. The van der Waals surface area contributed by atoms with Crippen LogP contribution in [0.1, 0.15) is 39.0 Å². The van der Waals surface area contributed by atoms with E-state index in [1.807, 2.05) is 6.92 Å². The molecule has 5 heteroatoms. The van der Waals surface area contributed by atoms with Crippen LogP contribution in [0.5, 0.6) is 0 Å². The van der Waals surface area contributed by atoms with E-state index in [2.05, 4.69) is 0 Å². The van der Waals surface area contributed by atoms with Gasteiger partial charge in [0.2, 0.25) is 6.43 Å². The van der Waals surface area contributed by atoms with Crippen LogP contribution in [0.3, 0.4) is 0 Å². The Balaban J connectivity index is 3.11. The van der Waals surface area contributed by atoms with Gasteiger partial charge in [-0.3, -0.25) is 4.79 Å². The number of thioether (sulfide) groups is 1. The average molecular weight is 254 g/mol. The molecule has 96 valence electrons. The maximum absolute atomic E-state index is 11.8. The molecule has 2 nitrogen and oxygen atoms in total. The zero-order chi connectivity index (χ0) is 12.2. The van der Waals surface area contributed by atoms with Gasteiger partial charge in [0.15, 0.2) is 0 Å². The molecule has 0 rings (SSSR count). The first-order valence-corrected chi connectivity index (χ1v) is 6.83. The average Bonchev–Trinajstić information content (AvgIpc) is 2.24. The zero-order valence-electron chi connectivity index (χ0n) is 9.71. The summed E-state index contributed by atoms with van der Waals surface area (Å²) >= 11 is 1.51. The molecule has 0 saturated heterocycles. The van der Waals surface area contributed by atoms with Gasteiger partial charge in [-0.15, -0.1) is 0 Å². The quantitative estimate of drug-likeness (QED) is 0.441. The molecule has 0 aromatic rings. The first-order valence-electron chi connectivity index (χ1n) is 5.68. The highest BCUT2D eigenvalue weighted by atomic mass is 32.2. The monoisotopic (exact) mass is 254 g/mol. The molecule has 0 amide bonds. The summed E-state index contributed by atoms with van der Waals surface area (Å²) in [5, 5.41) is 0. The molecule has 0 aromatic carbocycles. The second-order valence-corrected chi connectivity index (χ2v) is 4.62. The van der Waals surface area contributed by atoms with Crippen LogP contribution in [-0.4, -0.2) is 30.5 Å². The van der Waals surface area contributed by atoms with E-state index in [0.29, 0.717) is 18.8 Å². The number of hydrogen-bond donors (Lipinski definition) is 0. The third-order valence-electron chi connectivity index (χ3n) is 1.90. The first kappa shape index (κ1) is 15.7. The maximum atomic E-state index is 11.8. The molecule has 0 bridgehead atoms. The normalized spacial score (nSPS) is 10.8. The highest BCUT2D eigenvalue weighted by Gasteiger charge is 2.03. The van der Waals surface area contributed by atoms with Crippen LogP contribution in [0.2, 0.25) is 0 Å². The Kier molecular flexibility index (Phi) is 11.0. The molecule has 0 radical (unpaired) electrons. The van der Waals surface area contributed by atoms with Crippen molar-refractivity contribution >= 4 is 17.7 Å². The molecule has 0 aromatic heterocycles. The standard InChI is InChI=1S/C11H20F2O2S/c1-2-7-15-11(14)9-16-8-5-3-4-6-10(12)13/h10H,2-9H2,1H3. The second-order valence-electron chi connectivity index (χ2n) is 3.51. The van der Waals surface area contributed by atoms with Crippen LogP contribution < -0.4 is 0 Å². The Bertz CT molecular complexity index is 177. The lowest BCUT2D eigenvalue weighted by molar-refractivity contribution is -0.140. The summed E-state index contributed by atoms with van der Waals surface area (Å²) in [6.07, 6.45) is 0.905. The number of carbonyl (C=O) groups is 1. The van der Waals surface area contributed by atoms with E-state index in [9.17, 15) is 13.6 Å². The van der Waals surface area contributed by atoms with Gasteiger partial charge in [0, 0.05) is 6.42 Å². The van der Waals surface area contributed by atoms with Gasteiger partial charge in [0.05, 0.1) is 12.4 Å². The summed E-state index contributed by atoms with van der Waals surface area (Å²) in [5.74, 6) is 1.03. The third-order valence-corrected chi connectivity index (χ3v) is 2.92. The zero-order valence-corrected chi connectivity index (χ0v) is 10.5. The van der Waals surface area contributed by atoms with Crippen LogP contribution in [0, 0.1) is 0 Å². The molecular weight excluding hydrogens is 234 g/mol. The fourth-order valence-corrected chi connectivity index (χ4v) is 1.90. The van der Waals surface area contributed by atoms with Crippen LogP contribution in [0.15, 0.2) is 0 Å². The number of hydrogen-bond acceptors (Lipinski definition) is 3. The second kappa shape index (κ2) is 11.2. The number of alkyl halides is 2. The van der Waals surface area contributed by atoms with Gasteiger partial charge in [0.1, 0.15) is 0 Å². The fourth-order valence-electron chi connectivity index (χ4n) is 1.09. The first-order chi connectivity index (χ1) is 7.66. The Morgan fingerprint density at radius 1 is 1.31 bits per heavy atom. The smallest absolute Gasteiger partial charge is 0.315 e. The number of rotatable bonds is 10. The van der Waals surface area contributed by atoms with Crippen molar-refractivity contribution in [2.75, 3.05) is 18.1 Å². The van der Waals surface area contributed by atoms with E-state index in [1.54, 1.807) is 0 Å². The summed E-state index contributed by atoms with van der Waals surface area (Å²) < 4.78 is 28.4. The van der Waals surface area contributed by atoms with Crippen molar-refractivity contribution in [1.82, 2.24) is 0 Å². The van der Waals surface area contributed by atoms with E-state index in [-0.39, 0.29) is 12.4 Å². The van der Waals surface area contributed by atoms with Crippen molar-refractivity contribution < 1.29 is 18.3 Å². The molecular formula is C11H20F2O2S. The highest BCUT2D eigenvalue weighted by Crippen LogP contribution is 2.11. The van der Waals surface area contributed by atoms with Gasteiger partial charge < -0.3 is 4.74 Å². The number of carbonyl (C=O) groups excluding carboxylic acids is 1. The Labute approximate surface area is 100 Å². The van der Waals surface area contributed by atoms with Crippen molar-refractivity contribution in [2.24, 2.45) is 0 Å². The van der Waals surface area contributed by atoms with Crippen molar-refractivity contribution in [3.63, 3.8) is 0 Å². The minimum absolute atomic E-state index is 0.0107. The molecule has 0 heterocycles. The molecule has 0 spiro atoms. The number of ether oxygens (including phenoxy) is 1. The molecule has 0 atom stereocenters. The van der Waals surface area contributed by atoms with Gasteiger partial charge in [-0.1, -0.05) is 13.3 Å². The van der Waals surface area contributed by atoms with Crippen molar-refractivity contribution in [1.29, 1.82) is 0 Å². The van der Waals surface area contributed by atoms with Gasteiger partial charge in [0.25, 0.3) is 0 Å². The SMILES string of the molecule is CCCOC(=O)CSCCCCCC(F)F. The van der Waals surface area contributed by atoms with Crippen LogP contribution in [0.4, 0.5) is 8.78 Å². The Morgan fingerprint density at radius 3 is 2.69 bits per heavy atom. The topological polar surface area (TPSA) is 26.3 Å². The minimum Gasteiger partial charge on any atom is -0.465 e. The van der Waals surface area contributed by atoms with Gasteiger partial charge in [-0.05, 0) is 25.0 Å². The molecule has 0 unspecified atom stereocenters. The number of halogens is 2. The molecule has 16 heavy (non-hydrogen) atoms. The van der Waals surface area contributed by atoms with E-state index in [4.69, 9.17) is 4.74 Å². The minimum atomic E-state index is -2.18. The predicted octanol–water partition coefficient (Wildman–Crippen LogP) is 3.50. The van der Waals surface area contributed by atoms with Gasteiger partial charge in [-0.2, -0.15) is 11.8 Å². The third kappa shape index (κ3) is 11.8. The van der Waals surface area contributed by atoms with Crippen molar-refractivity contribution in [3.05, 3.63) is 0 Å². The van der Waals surface area contributed by atoms with E-state index < -0.39 is 6.43 Å². The summed E-state index contributed by atoms with van der Waals surface area (Å²) in [6, 6.07) is 0. The fraction of sp³-hybridized carbons (Fsp3) is 0.909. The van der Waals surface area contributed by atoms with Crippen molar-refractivity contribution in [3.8, 4) is 0 Å². The Morgan fingerprint density at radius 2 is 2.06 bits per heavy atom. The van der Waals surface area contributed by atoms with E-state index in [1.165, 1.54) is 11.8 Å². The molecule has 0 saturated carbocycles. The van der Waals surface area contributed by atoms with Gasteiger partial charge >= 0.3 is 5.97 Å². The van der Waals surface area contributed by atoms with Gasteiger partial charge in [-0.25, -0.2) is 8.78 Å². The van der Waals surface area contributed by atoms with Crippen LogP contribution >= 0.6 is 11.8 Å². The number of esters is 1. The maximum Gasteiger partial charge on any atom is 0.315 e. The Hall–Kier alpha value is -0.320. The lowest BCUT2D eigenvalue weighted by Gasteiger charge is -2.03. The van der Waals surface area contributed by atoms with Crippen molar-refractivity contribution in [2.45, 2.75) is 45.5 Å². The summed E-state index contributed by atoms with van der Waals surface area (Å²) in [5.41, 5.74) is 0. The molecule has 0 fully saturated rings. The number of unbranched alkanes of at least 4 members (excludes halogenated alkanes) is 2. The molecule has 0 N–H and O–H groups in total. The predicted molar refractivity (Wildman–Crippen MR) is 63.0 cm³/mol. The van der Waals surface area contributed by atoms with E-state index >= 15 is 0 Å². The summed E-state index contributed by atoms with van der Waals surface area (Å²) in [7, 11) is 0. The summed E-state index contributed by atoms with van der Waals surface area (Å²) in [4.78, 5) is 11.0. The molecule has 0 aliphatic heterocycles. The lowest BCUT2D eigenvalue weighted by atomic mass is 10.2. The summed E-state index contributed by atoms with van der Waals surface area (Å²) in [6.45, 7) is 2.43. The molecule has 0 aliphatic carbocycles. The van der Waals surface area contributed by atoms with Crippen LogP contribution in [-0.2, 0) is 9.53 Å².